The molecule has 0 atom stereocenters. The molecule has 3 aromatic rings. The van der Waals surface area contributed by atoms with Gasteiger partial charge >= 0.3 is 0 Å². The van der Waals surface area contributed by atoms with E-state index in [0.29, 0.717) is 18.0 Å². The van der Waals surface area contributed by atoms with E-state index in [1.54, 1.807) is 25.6 Å². The number of ether oxygens (including phenoxy) is 1. The van der Waals surface area contributed by atoms with Gasteiger partial charge in [-0.2, -0.15) is 0 Å². The second-order valence-electron chi connectivity index (χ2n) is 8.10. The van der Waals surface area contributed by atoms with Gasteiger partial charge in [-0.3, -0.25) is 9.78 Å². The van der Waals surface area contributed by atoms with E-state index in [0.717, 1.165) is 79.6 Å². The number of nitrogens with two attached hydrogens (primary N) is 2. The smallest absolute Gasteiger partial charge is 0.249 e. The Morgan fingerprint density at radius 1 is 1.19 bits per heavy atom. The molecule has 31 heavy (non-hydrogen) atoms. The maximum absolute atomic E-state index is 11.7. The molecular weight excluding hydrogens is 392 g/mol. The summed E-state index contributed by atoms with van der Waals surface area (Å²) in [7, 11) is 1.70. The van der Waals surface area contributed by atoms with E-state index >= 15 is 0 Å². The van der Waals surface area contributed by atoms with Crippen LogP contribution in [-0.4, -0.2) is 39.1 Å². The molecule has 3 heterocycles. The number of fused-ring (bicyclic) bond motifs is 3. The second kappa shape index (κ2) is 9.43. The average Bonchev–Trinajstić information content (AvgIpc) is 3.15. The Morgan fingerprint density at radius 2 is 2.03 bits per heavy atom. The molecular formula is C23H30N6O2. The summed E-state index contributed by atoms with van der Waals surface area (Å²) >= 11 is 0. The van der Waals surface area contributed by atoms with Crippen molar-refractivity contribution in [2.45, 2.75) is 57.9 Å². The lowest BCUT2D eigenvalue weighted by Crippen LogP contribution is -2.14. The summed E-state index contributed by atoms with van der Waals surface area (Å²) in [6, 6.07) is 1.69. The summed E-state index contributed by atoms with van der Waals surface area (Å²) in [5, 5.41) is 0. The molecule has 0 bridgehead atoms. The minimum atomic E-state index is -0.408. The monoisotopic (exact) mass is 422 g/mol. The fraction of sp³-hybridized carbons (Fsp3) is 0.478. The first-order valence-electron chi connectivity index (χ1n) is 11.0. The maximum Gasteiger partial charge on any atom is 0.249 e. The summed E-state index contributed by atoms with van der Waals surface area (Å²) in [6.45, 7) is 1.44. The summed E-state index contributed by atoms with van der Waals surface area (Å²) in [4.78, 5) is 25.3. The van der Waals surface area contributed by atoms with Crippen LogP contribution in [-0.2, 0) is 37.0 Å². The van der Waals surface area contributed by atoms with Gasteiger partial charge in [-0.25, -0.2) is 9.97 Å². The Bertz CT molecular complexity index is 1090. The van der Waals surface area contributed by atoms with Crippen LogP contribution >= 0.6 is 0 Å². The predicted octanol–water partition coefficient (Wildman–Crippen LogP) is 2.60. The van der Waals surface area contributed by atoms with Gasteiger partial charge in [0.05, 0.1) is 12.1 Å². The van der Waals surface area contributed by atoms with Gasteiger partial charge in [-0.1, -0.05) is 0 Å². The molecule has 0 aromatic carbocycles. The number of anilines is 1. The molecule has 8 heteroatoms. The molecule has 1 amide bonds. The number of methoxy groups -OCH3 is 1. The standard InChI is InChI=1S/C23H30N6O2/c1-31-13-10-19-28-20-21(17-7-2-3-8-18(17)27-22(20)24)29(19)12-5-4-6-15-14-26-11-9-16(15)23(25)30/h9,11,14H,2-8,10,12-13H2,1H3,(H2,24,27)(H2,25,30). The Kier molecular flexibility index (Phi) is 6.46. The molecule has 4 N–H and O–H groups in total. The van der Waals surface area contributed by atoms with E-state index in [2.05, 4.69) is 14.5 Å². The van der Waals surface area contributed by atoms with Gasteiger partial charge in [0.25, 0.3) is 0 Å². The number of carbonyl (C=O) groups is 1. The van der Waals surface area contributed by atoms with Crippen molar-refractivity contribution < 1.29 is 9.53 Å². The van der Waals surface area contributed by atoms with Crippen LogP contribution in [0.5, 0.6) is 0 Å². The number of primary amides is 1. The highest BCUT2D eigenvalue weighted by Gasteiger charge is 2.22. The number of pyridine rings is 2. The first kappa shape index (κ1) is 21.2. The summed E-state index contributed by atoms with van der Waals surface area (Å²) in [5.41, 5.74) is 17.6. The lowest BCUT2D eigenvalue weighted by atomic mass is 9.95. The highest BCUT2D eigenvalue weighted by atomic mass is 16.5. The van der Waals surface area contributed by atoms with Gasteiger partial charge in [0.2, 0.25) is 5.91 Å². The van der Waals surface area contributed by atoms with Gasteiger partial charge in [0, 0.05) is 43.7 Å². The fourth-order valence-corrected chi connectivity index (χ4v) is 4.53. The molecule has 4 rings (SSSR count). The number of imidazole rings is 1. The number of hydrogen-bond donors (Lipinski definition) is 2. The highest BCUT2D eigenvalue weighted by molar-refractivity contribution is 5.94. The zero-order chi connectivity index (χ0) is 21.8. The van der Waals surface area contributed by atoms with Crippen molar-refractivity contribution in [1.29, 1.82) is 0 Å². The second-order valence-corrected chi connectivity index (χ2v) is 8.10. The topological polar surface area (TPSA) is 122 Å². The molecule has 0 saturated carbocycles. The molecule has 0 unspecified atom stereocenters. The number of nitrogens with zero attached hydrogens (tertiary/aromatic N) is 4. The number of unbranched alkanes of at least 4 members (excludes halogenated alkanes) is 1. The number of amides is 1. The fourth-order valence-electron chi connectivity index (χ4n) is 4.53. The Hall–Kier alpha value is -3.00. The van der Waals surface area contributed by atoms with E-state index in [1.807, 2.05) is 0 Å². The van der Waals surface area contributed by atoms with Gasteiger partial charge in [-0.05, 0) is 62.1 Å². The van der Waals surface area contributed by atoms with Crippen LogP contribution in [0, 0.1) is 0 Å². The molecule has 0 radical (unpaired) electrons. The van der Waals surface area contributed by atoms with Crippen molar-refractivity contribution in [3.05, 3.63) is 46.7 Å². The quantitative estimate of drug-likeness (QED) is 0.511. The van der Waals surface area contributed by atoms with Crippen molar-refractivity contribution in [3.8, 4) is 0 Å². The van der Waals surface area contributed by atoms with Crippen molar-refractivity contribution in [2.75, 3.05) is 19.5 Å². The van der Waals surface area contributed by atoms with E-state index in [9.17, 15) is 4.79 Å². The molecule has 1 aliphatic carbocycles. The molecule has 0 fully saturated rings. The third kappa shape index (κ3) is 4.39. The maximum atomic E-state index is 11.7. The first-order valence-corrected chi connectivity index (χ1v) is 11.0. The van der Waals surface area contributed by atoms with Gasteiger partial charge in [0.1, 0.15) is 11.3 Å². The van der Waals surface area contributed by atoms with Crippen LogP contribution in [0.1, 0.15) is 58.7 Å². The third-order valence-electron chi connectivity index (χ3n) is 6.05. The summed E-state index contributed by atoms with van der Waals surface area (Å²) in [5.74, 6) is 1.10. The van der Waals surface area contributed by atoms with E-state index < -0.39 is 5.91 Å². The zero-order valence-electron chi connectivity index (χ0n) is 18.1. The number of carbonyl (C=O) groups excluding carboxylic acids is 1. The van der Waals surface area contributed by atoms with Crippen LogP contribution in [0.3, 0.4) is 0 Å². The van der Waals surface area contributed by atoms with Crippen LogP contribution in [0.2, 0.25) is 0 Å². The first-order chi connectivity index (χ1) is 15.1. The van der Waals surface area contributed by atoms with Gasteiger partial charge in [0.15, 0.2) is 5.82 Å². The lowest BCUT2D eigenvalue weighted by molar-refractivity contribution is 0.0999. The number of aryl methyl sites for hydroxylation is 4. The van der Waals surface area contributed by atoms with Crippen molar-refractivity contribution >= 4 is 22.8 Å². The predicted molar refractivity (Wildman–Crippen MR) is 120 cm³/mol. The summed E-state index contributed by atoms with van der Waals surface area (Å²) in [6.07, 6.45) is 11.0. The normalized spacial score (nSPS) is 13.5. The van der Waals surface area contributed by atoms with Gasteiger partial charge < -0.3 is 20.8 Å². The molecule has 3 aromatic heterocycles. The Morgan fingerprint density at radius 3 is 2.84 bits per heavy atom. The number of aromatic nitrogens is 4. The van der Waals surface area contributed by atoms with Crippen LogP contribution in [0.4, 0.5) is 5.82 Å². The highest BCUT2D eigenvalue weighted by Crippen LogP contribution is 2.32. The van der Waals surface area contributed by atoms with Crippen molar-refractivity contribution in [3.63, 3.8) is 0 Å². The SMILES string of the molecule is COCCc1nc2c(N)nc3c(c2n1CCCCc1cnccc1C(N)=O)CCCC3. The Balaban J connectivity index is 1.58. The lowest BCUT2D eigenvalue weighted by Gasteiger charge is -2.18. The molecule has 8 nitrogen and oxygen atoms in total. The number of rotatable bonds is 9. The minimum absolute atomic E-state index is 0.408. The van der Waals surface area contributed by atoms with E-state index in [1.165, 1.54) is 12.0 Å². The van der Waals surface area contributed by atoms with E-state index in [4.69, 9.17) is 21.2 Å². The van der Waals surface area contributed by atoms with Crippen molar-refractivity contribution in [1.82, 2.24) is 19.5 Å². The molecule has 164 valence electrons. The van der Waals surface area contributed by atoms with Crippen LogP contribution in [0.25, 0.3) is 11.0 Å². The molecule has 0 spiro atoms. The number of nitrogen functional groups attached to an aromatic ring is 1. The van der Waals surface area contributed by atoms with Gasteiger partial charge in [-0.15, -0.1) is 0 Å². The van der Waals surface area contributed by atoms with E-state index in [-0.39, 0.29) is 0 Å². The third-order valence-corrected chi connectivity index (χ3v) is 6.05. The molecule has 1 aliphatic rings. The molecule has 0 aliphatic heterocycles. The van der Waals surface area contributed by atoms with Crippen LogP contribution in [0.15, 0.2) is 18.5 Å². The van der Waals surface area contributed by atoms with Crippen molar-refractivity contribution in [2.24, 2.45) is 5.73 Å². The zero-order valence-corrected chi connectivity index (χ0v) is 18.1. The minimum Gasteiger partial charge on any atom is -0.384 e. The van der Waals surface area contributed by atoms with Crippen LogP contribution < -0.4 is 11.5 Å². The average molecular weight is 423 g/mol. The summed E-state index contributed by atoms with van der Waals surface area (Å²) < 4.78 is 7.62. The molecule has 0 saturated heterocycles. The Labute approximate surface area is 182 Å². The largest absolute Gasteiger partial charge is 0.384 e. The number of hydrogen-bond acceptors (Lipinski definition) is 6.